The molecule has 0 aromatic heterocycles. The van der Waals surface area contributed by atoms with Crippen LogP contribution in [0.3, 0.4) is 0 Å². The fourth-order valence-electron chi connectivity index (χ4n) is 4.30. The highest BCUT2D eigenvalue weighted by atomic mass is 16.2. The number of nitrogens with zero attached hydrogens (tertiary/aromatic N) is 2. The fourth-order valence-corrected chi connectivity index (χ4v) is 4.30. The minimum Gasteiger partial charge on any atom is -0.342 e. The van der Waals surface area contributed by atoms with Crippen LogP contribution in [0.5, 0.6) is 0 Å². The van der Waals surface area contributed by atoms with Crippen LogP contribution in [0.2, 0.25) is 0 Å². The van der Waals surface area contributed by atoms with Crippen molar-refractivity contribution >= 4 is 11.8 Å². The van der Waals surface area contributed by atoms with Crippen LogP contribution in [-0.2, 0) is 16.0 Å². The number of likely N-dealkylation sites (tertiary alicyclic amines) is 2. The first-order chi connectivity index (χ1) is 12.5. The van der Waals surface area contributed by atoms with Crippen LogP contribution in [0.25, 0.3) is 0 Å². The minimum atomic E-state index is 0.213. The van der Waals surface area contributed by atoms with Gasteiger partial charge in [0.25, 0.3) is 0 Å². The average Bonchev–Trinajstić information content (AvgIpc) is 2.63. The van der Waals surface area contributed by atoms with E-state index in [1.807, 2.05) is 11.9 Å². The number of nitrogens with one attached hydrogen (secondary N) is 1. The number of aryl methyl sites for hydroxylation is 2. The van der Waals surface area contributed by atoms with Crippen molar-refractivity contribution in [1.82, 2.24) is 15.1 Å². The largest absolute Gasteiger partial charge is 0.342 e. The second-order valence-corrected chi connectivity index (χ2v) is 7.78. The van der Waals surface area contributed by atoms with Crippen LogP contribution in [0.1, 0.15) is 36.0 Å². The van der Waals surface area contributed by atoms with E-state index < -0.39 is 0 Å². The zero-order chi connectivity index (χ0) is 18.7. The highest BCUT2D eigenvalue weighted by Gasteiger charge is 2.39. The van der Waals surface area contributed by atoms with E-state index in [2.05, 4.69) is 42.3 Å². The van der Waals surface area contributed by atoms with Crippen LogP contribution in [0.4, 0.5) is 0 Å². The molecule has 1 aromatic carbocycles. The molecule has 2 amide bonds. The van der Waals surface area contributed by atoms with E-state index in [0.29, 0.717) is 24.8 Å². The highest BCUT2D eigenvalue weighted by molar-refractivity contribution is 5.80. The Morgan fingerprint density at radius 2 is 2.04 bits per heavy atom. The molecule has 5 nitrogen and oxygen atoms in total. The van der Waals surface area contributed by atoms with E-state index in [9.17, 15) is 9.59 Å². The number of rotatable bonds is 5. The van der Waals surface area contributed by atoms with Gasteiger partial charge in [-0.3, -0.25) is 9.59 Å². The first-order valence-corrected chi connectivity index (χ1v) is 9.77. The summed E-state index contributed by atoms with van der Waals surface area (Å²) in [5.74, 6) is 0.906. The number of hydrogen-bond acceptors (Lipinski definition) is 3. The third-order valence-electron chi connectivity index (χ3n) is 6.03. The molecule has 2 aliphatic rings. The standard InChI is InChI=1S/C21H31N3O2/c1-15-4-5-17(12-16(15)2)13-21(26)23-10-8-19-18(14-23)6-7-20(25)24(19)11-9-22-3/h4-5,12,18-19,22H,6-11,13-14H2,1-3H3/t18-,19+/m0/s1. The number of carbonyl (C=O) groups excluding carboxylic acids is 2. The molecule has 0 saturated carbocycles. The molecule has 2 saturated heterocycles. The molecule has 2 atom stereocenters. The molecule has 26 heavy (non-hydrogen) atoms. The van der Waals surface area contributed by atoms with Gasteiger partial charge >= 0.3 is 0 Å². The molecule has 5 heteroatoms. The van der Waals surface area contributed by atoms with Gasteiger partial charge in [-0.15, -0.1) is 0 Å². The maximum absolute atomic E-state index is 12.8. The Kier molecular flexibility index (Phi) is 5.97. The van der Waals surface area contributed by atoms with Crippen molar-refractivity contribution in [2.24, 2.45) is 5.92 Å². The molecule has 2 fully saturated rings. The zero-order valence-electron chi connectivity index (χ0n) is 16.3. The van der Waals surface area contributed by atoms with Crippen LogP contribution < -0.4 is 5.32 Å². The van der Waals surface area contributed by atoms with E-state index in [0.717, 1.165) is 44.6 Å². The molecule has 0 aliphatic carbocycles. The van der Waals surface area contributed by atoms with Crippen LogP contribution in [0, 0.1) is 19.8 Å². The Morgan fingerprint density at radius 3 is 2.77 bits per heavy atom. The van der Waals surface area contributed by atoms with Gasteiger partial charge in [0.1, 0.15) is 0 Å². The van der Waals surface area contributed by atoms with Crippen LogP contribution in [-0.4, -0.2) is 60.9 Å². The summed E-state index contributed by atoms with van der Waals surface area (Å²) < 4.78 is 0. The Balaban J connectivity index is 1.61. The Labute approximate surface area is 156 Å². The molecule has 0 radical (unpaired) electrons. The lowest BCUT2D eigenvalue weighted by molar-refractivity contribution is -0.143. The maximum atomic E-state index is 12.8. The number of benzene rings is 1. The number of carbonyl (C=O) groups is 2. The SMILES string of the molecule is CNCCN1C(=O)CC[C@H]2CN(C(=O)Cc3ccc(C)c(C)c3)CC[C@H]21. The van der Waals surface area contributed by atoms with Crippen molar-refractivity contribution in [3.63, 3.8) is 0 Å². The minimum absolute atomic E-state index is 0.213. The molecule has 142 valence electrons. The van der Waals surface area contributed by atoms with Crippen molar-refractivity contribution in [2.45, 2.75) is 45.6 Å². The van der Waals surface area contributed by atoms with Crippen molar-refractivity contribution < 1.29 is 9.59 Å². The molecule has 1 N–H and O–H groups in total. The van der Waals surface area contributed by atoms with Gasteiger partial charge in [0.2, 0.25) is 11.8 Å². The predicted octanol–water partition coefficient (Wildman–Crippen LogP) is 1.90. The summed E-state index contributed by atoms with van der Waals surface area (Å²) in [5.41, 5.74) is 3.59. The first kappa shape index (κ1) is 18.9. The molecule has 0 unspecified atom stereocenters. The number of amides is 2. The van der Waals surface area contributed by atoms with Gasteiger partial charge in [-0.2, -0.15) is 0 Å². The second kappa shape index (κ2) is 8.21. The summed E-state index contributed by atoms with van der Waals surface area (Å²) in [6.45, 7) is 7.33. The predicted molar refractivity (Wildman–Crippen MR) is 103 cm³/mol. The van der Waals surface area contributed by atoms with Crippen LogP contribution >= 0.6 is 0 Å². The Bertz CT molecular complexity index is 673. The monoisotopic (exact) mass is 357 g/mol. The van der Waals surface area contributed by atoms with Crippen molar-refractivity contribution in [3.05, 3.63) is 34.9 Å². The van der Waals surface area contributed by atoms with Crippen LogP contribution in [0.15, 0.2) is 18.2 Å². The fraction of sp³-hybridized carbons (Fsp3) is 0.619. The summed E-state index contributed by atoms with van der Waals surface area (Å²) in [6, 6.07) is 6.58. The van der Waals surface area contributed by atoms with E-state index >= 15 is 0 Å². The zero-order valence-corrected chi connectivity index (χ0v) is 16.3. The normalized spacial score (nSPS) is 23.1. The molecule has 1 aromatic rings. The molecule has 0 bridgehead atoms. The number of likely N-dealkylation sites (N-methyl/N-ethyl adjacent to an activating group) is 1. The van der Waals surface area contributed by atoms with Gasteiger partial charge < -0.3 is 15.1 Å². The third-order valence-corrected chi connectivity index (χ3v) is 6.03. The molecule has 2 aliphatic heterocycles. The van der Waals surface area contributed by atoms with E-state index in [1.165, 1.54) is 11.1 Å². The summed E-state index contributed by atoms with van der Waals surface area (Å²) in [4.78, 5) is 29.1. The molecular formula is C21H31N3O2. The van der Waals surface area contributed by atoms with Gasteiger partial charge in [-0.25, -0.2) is 0 Å². The number of hydrogen-bond donors (Lipinski definition) is 1. The van der Waals surface area contributed by atoms with Crippen molar-refractivity contribution in [3.8, 4) is 0 Å². The van der Waals surface area contributed by atoms with Gasteiger partial charge in [-0.1, -0.05) is 18.2 Å². The smallest absolute Gasteiger partial charge is 0.227 e. The Hall–Kier alpha value is -1.88. The number of fused-ring (bicyclic) bond motifs is 1. The average molecular weight is 357 g/mol. The van der Waals surface area contributed by atoms with Gasteiger partial charge in [0.15, 0.2) is 0 Å². The second-order valence-electron chi connectivity index (χ2n) is 7.78. The van der Waals surface area contributed by atoms with Gasteiger partial charge in [0, 0.05) is 38.6 Å². The molecular weight excluding hydrogens is 326 g/mol. The molecule has 2 heterocycles. The lowest BCUT2D eigenvalue weighted by atomic mass is 9.83. The van der Waals surface area contributed by atoms with Gasteiger partial charge in [0.05, 0.1) is 6.42 Å². The summed E-state index contributed by atoms with van der Waals surface area (Å²) in [6.07, 6.45) is 2.90. The van der Waals surface area contributed by atoms with E-state index in [1.54, 1.807) is 0 Å². The summed E-state index contributed by atoms with van der Waals surface area (Å²) >= 11 is 0. The maximum Gasteiger partial charge on any atom is 0.227 e. The topological polar surface area (TPSA) is 52.7 Å². The lowest BCUT2D eigenvalue weighted by Gasteiger charge is -2.47. The van der Waals surface area contributed by atoms with E-state index in [-0.39, 0.29) is 11.8 Å². The third kappa shape index (κ3) is 4.09. The highest BCUT2D eigenvalue weighted by Crippen LogP contribution is 2.31. The molecule has 3 rings (SSSR count). The number of piperidine rings is 2. The summed E-state index contributed by atoms with van der Waals surface area (Å²) in [5, 5.41) is 3.14. The quantitative estimate of drug-likeness (QED) is 0.876. The molecule has 0 spiro atoms. The van der Waals surface area contributed by atoms with Crippen molar-refractivity contribution in [1.29, 1.82) is 0 Å². The van der Waals surface area contributed by atoms with Crippen molar-refractivity contribution in [2.75, 3.05) is 33.2 Å². The first-order valence-electron chi connectivity index (χ1n) is 9.77. The summed E-state index contributed by atoms with van der Waals surface area (Å²) in [7, 11) is 1.92. The lowest BCUT2D eigenvalue weighted by Crippen LogP contribution is -2.57. The van der Waals surface area contributed by atoms with Gasteiger partial charge in [-0.05, 0) is 56.3 Å². The van der Waals surface area contributed by atoms with E-state index in [4.69, 9.17) is 0 Å². The Morgan fingerprint density at radius 1 is 1.23 bits per heavy atom.